The number of hydrogen-bond donors (Lipinski definition) is 1. The molecule has 1 saturated heterocycles. The molecular weight excluding hydrogens is 278 g/mol. The molecule has 1 heterocycles. The molecule has 1 aliphatic rings. The highest BCUT2D eigenvalue weighted by molar-refractivity contribution is 5.79. The molecule has 0 spiro atoms. The number of rotatable bonds is 5. The van der Waals surface area contributed by atoms with E-state index in [1.165, 1.54) is 5.56 Å². The number of nitrogens with zero attached hydrogens (tertiary/aromatic N) is 2. The zero-order valence-electron chi connectivity index (χ0n) is 14.1. The van der Waals surface area contributed by atoms with E-state index in [0.29, 0.717) is 13.2 Å². The van der Waals surface area contributed by atoms with Crippen LogP contribution in [-0.2, 0) is 11.3 Å². The largest absolute Gasteiger partial charge is 0.488 e. The molecule has 1 unspecified atom stereocenters. The van der Waals surface area contributed by atoms with Crippen molar-refractivity contribution in [2.24, 2.45) is 4.99 Å². The Balaban J connectivity index is 2.13. The highest BCUT2D eigenvalue weighted by Crippen LogP contribution is 2.24. The molecule has 1 fully saturated rings. The Morgan fingerprint density at radius 1 is 1.45 bits per heavy atom. The van der Waals surface area contributed by atoms with Gasteiger partial charge in [0.15, 0.2) is 5.96 Å². The number of guanidine groups is 1. The third kappa shape index (κ3) is 4.63. The van der Waals surface area contributed by atoms with Crippen molar-refractivity contribution in [3.8, 4) is 5.75 Å². The zero-order chi connectivity index (χ0) is 15.9. The number of benzene rings is 1. The number of aliphatic imine (C=N–C) groups is 1. The van der Waals surface area contributed by atoms with E-state index in [4.69, 9.17) is 9.47 Å². The lowest BCUT2D eigenvalue weighted by Crippen LogP contribution is -2.36. The summed E-state index contributed by atoms with van der Waals surface area (Å²) in [6, 6.07) is 6.29. The van der Waals surface area contributed by atoms with E-state index in [1.807, 2.05) is 19.0 Å². The van der Waals surface area contributed by atoms with Crippen LogP contribution in [0.5, 0.6) is 5.75 Å². The molecule has 1 aliphatic heterocycles. The van der Waals surface area contributed by atoms with Crippen LogP contribution < -0.4 is 10.1 Å². The Bertz CT molecular complexity index is 509. The van der Waals surface area contributed by atoms with Crippen molar-refractivity contribution in [1.29, 1.82) is 0 Å². The maximum absolute atomic E-state index is 6.11. The summed E-state index contributed by atoms with van der Waals surface area (Å²) in [4.78, 5) is 6.66. The lowest BCUT2D eigenvalue weighted by molar-refractivity contribution is 0.140. The Hall–Kier alpha value is -1.75. The summed E-state index contributed by atoms with van der Waals surface area (Å²) >= 11 is 0. The van der Waals surface area contributed by atoms with Crippen molar-refractivity contribution < 1.29 is 9.47 Å². The average molecular weight is 305 g/mol. The van der Waals surface area contributed by atoms with E-state index in [1.54, 1.807) is 0 Å². The van der Waals surface area contributed by atoms with Crippen molar-refractivity contribution >= 4 is 5.96 Å². The summed E-state index contributed by atoms with van der Waals surface area (Å²) in [6.07, 6.45) is 1.11. The van der Waals surface area contributed by atoms with Gasteiger partial charge in [0.05, 0.1) is 19.8 Å². The molecule has 1 aromatic carbocycles. The maximum Gasteiger partial charge on any atom is 0.193 e. The maximum atomic E-state index is 6.11. The fraction of sp³-hybridized carbons (Fsp3) is 0.588. The van der Waals surface area contributed by atoms with Crippen LogP contribution in [0.25, 0.3) is 0 Å². The lowest BCUT2D eigenvalue weighted by atomic mass is 10.1. The topological polar surface area (TPSA) is 46.1 Å². The van der Waals surface area contributed by atoms with E-state index >= 15 is 0 Å². The first-order valence-electron chi connectivity index (χ1n) is 7.89. The van der Waals surface area contributed by atoms with Gasteiger partial charge in [-0.2, -0.15) is 0 Å². The molecule has 2 rings (SSSR count). The summed E-state index contributed by atoms with van der Waals surface area (Å²) in [6.45, 7) is 7.07. The smallest absolute Gasteiger partial charge is 0.193 e. The summed E-state index contributed by atoms with van der Waals surface area (Å²) in [5.41, 5.74) is 2.30. The van der Waals surface area contributed by atoms with Gasteiger partial charge in [-0.05, 0) is 25.5 Å². The Morgan fingerprint density at radius 2 is 2.27 bits per heavy atom. The van der Waals surface area contributed by atoms with E-state index < -0.39 is 0 Å². The van der Waals surface area contributed by atoms with Crippen molar-refractivity contribution in [3.05, 3.63) is 29.3 Å². The molecule has 1 aromatic rings. The first-order chi connectivity index (χ1) is 10.6. The van der Waals surface area contributed by atoms with Crippen LogP contribution in [0.2, 0.25) is 0 Å². The first kappa shape index (κ1) is 16.6. The minimum Gasteiger partial charge on any atom is -0.488 e. The van der Waals surface area contributed by atoms with Gasteiger partial charge >= 0.3 is 0 Å². The Labute approximate surface area is 133 Å². The van der Waals surface area contributed by atoms with Crippen LogP contribution in [0, 0.1) is 6.92 Å². The molecule has 1 atom stereocenters. The number of ether oxygens (including phenoxy) is 2. The molecule has 0 aromatic heterocycles. The summed E-state index contributed by atoms with van der Waals surface area (Å²) in [5.74, 6) is 1.81. The van der Waals surface area contributed by atoms with Crippen molar-refractivity contribution in [2.75, 3.05) is 33.9 Å². The molecule has 5 nitrogen and oxygen atoms in total. The van der Waals surface area contributed by atoms with E-state index in [-0.39, 0.29) is 6.10 Å². The van der Waals surface area contributed by atoms with Crippen molar-refractivity contribution in [2.45, 2.75) is 32.9 Å². The van der Waals surface area contributed by atoms with Gasteiger partial charge in [-0.1, -0.05) is 12.1 Å². The summed E-state index contributed by atoms with van der Waals surface area (Å²) in [5, 5.41) is 3.27. The Kier molecular flexibility index (Phi) is 6.07. The molecule has 0 radical (unpaired) electrons. The van der Waals surface area contributed by atoms with E-state index in [9.17, 15) is 0 Å². The molecule has 5 heteroatoms. The highest BCUT2D eigenvalue weighted by atomic mass is 16.5. The lowest BCUT2D eigenvalue weighted by Gasteiger charge is -2.18. The zero-order valence-corrected chi connectivity index (χ0v) is 14.1. The van der Waals surface area contributed by atoms with Gasteiger partial charge in [0.1, 0.15) is 11.9 Å². The van der Waals surface area contributed by atoms with Gasteiger partial charge < -0.3 is 19.7 Å². The molecule has 0 bridgehead atoms. The first-order valence-corrected chi connectivity index (χ1v) is 7.89. The van der Waals surface area contributed by atoms with Gasteiger partial charge in [0.25, 0.3) is 0 Å². The van der Waals surface area contributed by atoms with Crippen LogP contribution in [0.4, 0.5) is 0 Å². The number of aryl methyl sites for hydroxylation is 1. The second-order valence-electron chi connectivity index (χ2n) is 5.78. The second kappa shape index (κ2) is 8.03. The molecule has 1 N–H and O–H groups in total. The highest BCUT2D eigenvalue weighted by Gasteiger charge is 2.18. The predicted molar refractivity (Wildman–Crippen MR) is 89.5 cm³/mol. The van der Waals surface area contributed by atoms with Crippen LogP contribution in [0.3, 0.4) is 0 Å². The van der Waals surface area contributed by atoms with Gasteiger partial charge in [0.2, 0.25) is 0 Å². The third-order valence-electron chi connectivity index (χ3n) is 3.56. The minimum atomic E-state index is 0.159. The molecule has 0 aliphatic carbocycles. The van der Waals surface area contributed by atoms with Crippen molar-refractivity contribution in [3.63, 3.8) is 0 Å². The van der Waals surface area contributed by atoms with Gasteiger partial charge in [-0.3, -0.25) is 0 Å². The van der Waals surface area contributed by atoms with Crippen LogP contribution in [-0.4, -0.2) is 50.8 Å². The van der Waals surface area contributed by atoms with E-state index in [0.717, 1.165) is 36.8 Å². The van der Waals surface area contributed by atoms with Crippen LogP contribution in [0.15, 0.2) is 23.2 Å². The minimum absolute atomic E-state index is 0.159. The number of nitrogens with one attached hydrogen (secondary N) is 1. The summed E-state index contributed by atoms with van der Waals surface area (Å²) < 4.78 is 11.5. The Morgan fingerprint density at radius 3 is 2.91 bits per heavy atom. The fourth-order valence-corrected chi connectivity index (χ4v) is 2.36. The molecular formula is C17H27N3O2. The van der Waals surface area contributed by atoms with Crippen molar-refractivity contribution in [1.82, 2.24) is 10.2 Å². The third-order valence-corrected chi connectivity index (χ3v) is 3.56. The van der Waals surface area contributed by atoms with E-state index in [2.05, 4.69) is 42.4 Å². The molecule has 22 heavy (non-hydrogen) atoms. The average Bonchev–Trinajstić information content (AvgIpc) is 2.97. The number of hydrogen-bond acceptors (Lipinski definition) is 3. The molecule has 0 amide bonds. The van der Waals surface area contributed by atoms with Gasteiger partial charge in [0, 0.05) is 32.6 Å². The molecule has 0 saturated carbocycles. The SMILES string of the molecule is CCNC(=NCc1ccc(C)cc1OC1CCOC1)N(C)C. The quantitative estimate of drug-likeness (QED) is 0.669. The molecule has 122 valence electrons. The fourth-order valence-electron chi connectivity index (χ4n) is 2.36. The normalized spacial score (nSPS) is 18.4. The summed E-state index contributed by atoms with van der Waals surface area (Å²) in [7, 11) is 3.98. The second-order valence-corrected chi connectivity index (χ2v) is 5.78. The van der Waals surface area contributed by atoms with Gasteiger partial charge in [-0.25, -0.2) is 4.99 Å². The van der Waals surface area contributed by atoms with Crippen LogP contribution in [0.1, 0.15) is 24.5 Å². The standard InChI is InChI=1S/C17H27N3O2/c1-5-18-17(20(3)4)19-11-14-7-6-13(2)10-16(14)22-15-8-9-21-12-15/h6-7,10,15H,5,8-9,11-12H2,1-4H3,(H,18,19). The predicted octanol–water partition coefficient (Wildman–Crippen LogP) is 2.19. The monoisotopic (exact) mass is 305 g/mol. The van der Waals surface area contributed by atoms with Gasteiger partial charge in [-0.15, -0.1) is 0 Å². The van der Waals surface area contributed by atoms with Crippen LogP contribution >= 0.6 is 0 Å².